The van der Waals surface area contributed by atoms with Crippen molar-refractivity contribution in [2.45, 2.75) is 25.4 Å². The highest BCUT2D eigenvalue weighted by atomic mass is 35.5. The Morgan fingerprint density at radius 2 is 2.00 bits per heavy atom. The molecule has 0 unspecified atom stereocenters. The molecule has 3 rings (SSSR count). The van der Waals surface area contributed by atoms with E-state index in [0.29, 0.717) is 17.6 Å². The maximum absolute atomic E-state index is 12.5. The maximum Gasteiger partial charge on any atom is 0.242 e. The van der Waals surface area contributed by atoms with Gasteiger partial charge >= 0.3 is 0 Å². The van der Waals surface area contributed by atoms with Crippen molar-refractivity contribution in [3.05, 3.63) is 59.4 Å². The van der Waals surface area contributed by atoms with Crippen LogP contribution < -0.4 is 5.32 Å². The second-order valence-corrected chi connectivity index (χ2v) is 5.81. The van der Waals surface area contributed by atoms with Gasteiger partial charge in [0.2, 0.25) is 5.91 Å². The topological polar surface area (TPSA) is 45.2 Å². The van der Waals surface area contributed by atoms with Crippen LogP contribution in [0.15, 0.2) is 48.7 Å². The number of halogens is 1. The maximum atomic E-state index is 12.5. The smallest absolute Gasteiger partial charge is 0.242 e. The van der Waals surface area contributed by atoms with Crippen LogP contribution in [0, 0.1) is 0 Å². The minimum absolute atomic E-state index is 0.0769. The summed E-state index contributed by atoms with van der Waals surface area (Å²) in [5, 5.41) is 3.74. The fourth-order valence-electron chi connectivity index (χ4n) is 2.35. The molecule has 1 saturated carbocycles. The molecular weight excluding hydrogens is 298 g/mol. The number of para-hydroxylation sites is 1. The molecule has 0 aliphatic heterocycles. The second kappa shape index (κ2) is 6.79. The van der Waals surface area contributed by atoms with Crippen molar-refractivity contribution < 1.29 is 4.79 Å². The van der Waals surface area contributed by atoms with Crippen molar-refractivity contribution in [3.8, 4) is 0 Å². The van der Waals surface area contributed by atoms with E-state index in [1.807, 2.05) is 41.3 Å². The van der Waals surface area contributed by atoms with Crippen LogP contribution in [0.2, 0.25) is 5.02 Å². The summed E-state index contributed by atoms with van der Waals surface area (Å²) < 4.78 is 0. The van der Waals surface area contributed by atoms with Crippen molar-refractivity contribution in [3.63, 3.8) is 0 Å². The number of pyridine rings is 1. The molecule has 1 aliphatic carbocycles. The highest BCUT2D eigenvalue weighted by Gasteiger charge is 2.32. The van der Waals surface area contributed by atoms with Gasteiger partial charge in [-0.25, -0.2) is 0 Å². The molecule has 1 heterocycles. The number of anilines is 1. The van der Waals surface area contributed by atoms with Crippen molar-refractivity contribution in [2.24, 2.45) is 0 Å². The molecule has 2 aromatic rings. The van der Waals surface area contributed by atoms with Crippen molar-refractivity contribution in [1.29, 1.82) is 0 Å². The van der Waals surface area contributed by atoms with Gasteiger partial charge < -0.3 is 10.2 Å². The molecule has 1 N–H and O–H groups in total. The Labute approximate surface area is 135 Å². The quantitative estimate of drug-likeness (QED) is 0.889. The number of aromatic nitrogens is 1. The average Bonchev–Trinajstić information content (AvgIpc) is 3.37. The number of amides is 1. The number of nitrogens with zero attached hydrogens (tertiary/aromatic N) is 2. The van der Waals surface area contributed by atoms with Crippen LogP contribution in [-0.4, -0.2) is 28.4 Å². The van der Waals surface area contributed by atoms with Gasteiger partial charge in [-0.2, -0.15) is 0 Å². The number of hydrogen-bond donors (Lipinski definition) is 1. The zero-order valence-corrected chi connectivity index (χ0v) is 13.0. The van der Waals surface area contributed by atoms with Gasteiger partial charge in [-0.15, -0.1) is 0 Å². The standard InChI is InChI=1S/C17H18ClN3O/c18-15-6-1-2-7-16(15)20-11-17(22)21(14-8-9-14)12-13-5-3-4-10-19-13/h1-7,10,14,20H,8-9,11-12H2. The molecule has 1 aromatic carbocycles. The first kappa shape index (κ1) is 14.9. The summed E-state index contributed by atoms with van der Waals surface area (Å²) >= 11 is 6.09. The zero-order valence-electron chi connectivity index (χ0n) is 12.2. The molecule has 0 spiro atoms. The molecule has 0 atom stereocenters. The van der Waals surface area contributed by atoms with Gasteiger partial charge in [0.05, 0.1) is 29.5 Å². The zero-order chi connectivity index (χ0) is 15.4. The van der Waals surface area contributed by atoms with E-state index in [1.165, 1.54) is 0 Å². The van der Waals surface area contributed by atoms with Gasteiger partial charge in [0.15, 0.2) is 0 Å². The summed E-state index contributed by atoms with van der Waals surface area (Å²) in [4.78, 5) is 18.7. The molecule has 1 amide bonds. The molecule has 0 saturated heterocycles. The van der Waals surface area contributed by atoms with Gasteiger partial charge in [-0.05, 0) is 37.1 Å². The monoisotopic (exact) mass is 315 g/mol. The third kappa shape index (κ3) is 3.77. The number of nitrogens with one attached hydrogen (secondary N) is 1. The van der Waals surface area contributed by atoms with E-state index in [9.17, 15) is 4.79 Å². The Morgan fingerprint density at radius 3 is 2.68 bits per heavy atom. The van der Waals surface area contributed by atoms with Gasteiger partial charge in [0.25, 0.3) is 0 Å². The van der Waals surface area contributed by atoms with E-state index in [2.05, 4.69) is 10.3 Å². The molecule has 22 heavy (non-hydrogen) atoms. The van der Waals surface area contributed by atoms with E-state index in [1.54, 1.807) is 12.3 Å². The lowest BCUT2D eigenvalue weighted by Gasteiger charge is -2.22. The average molecular weight is 316 g/mol. The van der Waals surface area contributed by atoms with Crippen LogP contribution >= 0.6 is 11.6 Å². The van der Waals surface area contributed by atoms with Crippen LogP contribution in [-0.2, 0) is 11.3 Å². The highest BCUT2D eigenvalue weighted by Crippen LogP contribution is 2.28. The summed E-state index contributed by atoms with van der Waals surface area (Å²) in [5.41, 5.74) is 1.70. The van der Waals surface area contributed by atoms with Crippen LogP contribution in [0.4, 0.5) is 5.69 Å². The van der Waals surface area contributed by atoms with Gasteiger partial charge in [0.1, 0.15) is 0 Å². The molecule has 1 aliphatic rings. The summed E-state index contributed by atoms with van der Waals surface area (Å²) in [7, 11) is 0. The predicted molar refractivity (Wildman–Crippen MR) is 87.8 cm³/mol. The van der Waals surface area contributed by atoms with Gasteiger partial charge in [0, 0.05) is 12.2 Å². The molecule has 5 heteroatoms. The van der Waals surface area contributed by atoms with Crippen molar-refractivity contribution in [1.82, 2.24) is 9.88 Å². The lowest BCUT2D eigenvalue weighted by Crippen LogP contribution is -2.37. The second-order valence-electron chi connectivity index (χ2n) is 5.41. The van der Waals surface area contributed by atoms with Crippen LogP contribution in [0.5, 0.6) is 0 Å². The number of hydrogen-bond acceptors (Lipinski definition) is 3. The van der Waals surface area contributed by atoms with Crippen LogP contribution in [0.1, 0.15) is 18.5 Å². The lowest BCUT2D eigenvalue weighted by atomic mass is 10.3. The molecular formula is C17H18ClN3O. The van der Waals surface area contributed by atoms with Crippen molar-refractivity contribution >= 4 is 23.2 Å². The molecule has 1 fully saturated rings. The van der Waals surface area contributed by atoms with E-state index < -0.39 is 0 Å². The third-order valence-electron chi connectivity index (χ3n) is 3.67. The largest absolute Gasteiger partial charge is 0.375 e. The first-order valence-corrected chi connectivity index (χ1v) is 7.79. The molecule has 1 aromatic heterocycles. The Kier molecular flexibility index (Phi) is 4.59. The molecule has 0 bridgehead atoms. The van der Waals surface area contributed by atoms with E-state index in [4.69, 9.17) is 11.6 Å². The Bertz CT molecular complexity index is 643. The Hall–Kier alpha value is -2.07. The minimum atomic E-state index is 0.0769. The third-order valence-corrected chi connectivity index (χ3v) is 4.00. The van der Waals surface area contributed by atoms with Gasteiger partial charge in [-0.3, -0.25) is 9.78 Å². The lowest BCUT2D eigenvalue weighted by molar-refractivity contribution is -0.130. The summed E-state index contributed by atoms with van der Waals surface area (Å²) in [5.74, 6) is 0.0769. The fourth-order valence-corrected chi connectivity index (χ4v) is 2.55. The molecule has 114 valence electrons. The Balaban J connectivity index is 1.62. The number of carbonyl (C=O) groups is 1. The SMILES string of the molecule is O=C(CNc1ccccc1Cl)N(Cc1ccccn1)C1CC1. The number of benzene rings is 1. The predicted octanol–water partition coefficient (Wildman–Crippen LogP) is 3.34. The van der Waals surface area contributed by atoms with Crippen molar-refractivity contribution in [2.75, 3.05) is 11.9 Å². The first-order valence-electron chi connectivity index (χ1n) is 7.42. The van der Waals surface area contributed by atoms with E-state index in [0.717, 1.165) is 24.2 Å². The summed E-state index contributed by atoms with van der Waals surface area (Å²) in [6, 6.07) is 13.6. The van der Waals surface area contributed by atoms with E-state index in [-0.39, 0.29) is 12.5 Å². The fraction of sp³-hybridized carbons (Fsp3) is 0.294. The Morgan fingerprint density at radius 1 is 1.23 bits per heavy atom. The normalized spacial score (nSPS) is 13.7. The highest BCUT2D eigenvalue weighted by molar-refractivity contribution is 6.33. The van der Waals surface area contributed by atoms with Crippen LogP contribution in [0.25, 0.3) is 0 Å². The molecule has 4 nitrogen and oxygen atoms in total. The van der Waals surface area contributed by atoms with Crippen LogP contribution in [0.3, 0.4) is 0 Å². The number of carbonyl (C=O) groups excluding carboxylic acids is 1. The van der Waals surface area contributed by atoms with Gasteiger partial charge in [-0.1, -0.05) is 29.8 Å². The summed E-state index contributed by atoms with van der Waals surface area (Å²) in [6.07, 6.45) is 3.90. The van der Waals surface area contributed by atoms with E-state index >= 15 is 0 Å². The molecule has 0 radical (unpaired) electrons. The first-order chi connectivity index (χ1) is 10.7. The minimum Gasteiger partial charge on any atom is -0.375 e. The summed E-state index contributed by atoms with van der Waals surface area (Å²) in [6.45, 7) is 0.807. The number of rotatable bonds is 6.